The zero-order valence-corrected chi connectivity index (χ0v) is 12.1. The highest BCUT2D eigenvalue weighted by Crippen LogP contribution is 2.30. The molecule has 5 nitrogen and oxygen atoms in total. The summed E-state index contributed by atoms with van der Waals surface area (Å²) < 4.78 is 5.38. The van der Waals surface area contributed by atoms with E-state index >= 15 is 0 Å². The Morgan fingerprint density at radius 2 is 2.25 bits per heavy atom. The monoisotopic (exact) mass is 295 g/mol. The van der Waals surface area contributed by atoms with Crippen molar-refractivity contribution in [1.82, 2.24) is 4.90 Å². The van der Waals surface area contributed by atoms with Gasteiger partial charge in [-0.05, 0) is 17.5 Å². The van der Waals surface area contributed by atoms with Crippen molar-refractivity contribution >= 4 is 23.2 Å². The Bertz CT molecular complexity index is 530. The van der Waals surface area contributed by atoms with Crippen LogP contribution in [0.1, 0.15) is 27.0 Å². The molecule has 0 aliphatic carbocycles. The molecule has 2 aliphatic heterocycles. The number of aliphatic carboxylic acids is 1. The van der Waals surface area contributed by atoms with Crippen LogP contribution >= 0.6 is 11.3 Å². The van der Waals surface area contributed by atoms with Gasteiger partial charge in [0, 0.05) is 24.4 Å². The Morgan fingerprint density at radius 1 is 1.45 bits per heavy atom. The van der Waals surface area contributed by atoms with Gasteiger partial charge >= 0.3 is 5.97 Å². The van der Waals surface area contributed by atoms with Crippen LogP contribution in [0.4, 0.5) is 0 Å². The van der Waals surface area contributed by atoms with Crippen LogP contribution in [0.15, 0.2) is 6.07 Å². The van der Waals surface area contributed by atoms with Crippen molar-refractivity contribution in [1.29, 1.82) is 0 Å². The first-order valence-corrected chi connectivity index (χ1v) is 7.59. The first kappa shape index (κ1) is 13.6. The van der Waals surface area contributed by atoms with Gasteiger partial charge in [-0.1, -0.05) is 6.92 Å². The molecule has 3 heterocycles. The maximum Gasteiger partial charge on any atom is 0.308 e. The summed E-state index contributed by atoms with van der Waals surface area (Å²) in [6, 6.07) is 1.90. The molecule has 108 valence electrons. The Hall–Kier alpha value is -1.40. The highest BCUT2D eigenvalue weighted by molar-refractivity contribution is 7.14. The van der Waals surface area contributed by atoms with Crippen molar-refractivity contribution in [2.24, 2.45) is 11.8 Å². The molecule has 1 amide bonds. The summed E-state index contributed by atoms with van der Waals surface area (Å²) in [4.78, 5) is 27.2. The van der Waals surface area contributed by atoms with E-state index in [1.54, 1.807) is 4.90 Å². The van der Waals surface area contributed by atoms with Crippen LogP contribution in [0.5, 0.6) is 0 Å². The molecule has 0 radical (unpaired) electrons. The maximum atomic E-state index is 12.5. The fraction of sp³-hybridized carbons (Fsp3) is 0.571. The average molecular weight is 295 g/mol. The summed E-state index contributed by atoms with van der Waals surface area (Å²) in [6.07, 6.45) is 0.863. The van der Waals surface area contributed by atoms with Gasteiger partial charge in [-0.2, -0.15) is 0 Å². The molecule has 1 fully saturated rings. The first-order chi connectivity index (χ1) is 9.56. The quantitative estimate of drug-likeness (QED) is 0.900. The van der Waals surface area contributed by atoms with Gasteiger partial charge in [0.1, 0.15) is 0 Å². The van der Waals surface area contributed by atoms with E-state index in [4.69, 9.17) is 9.84 Å². The van der Waals surface area contributed by atoms with Gasteiger partial charge in [-0.3, -0.25) is 9.59 Å². The number of carboxylic acids is 1. The molecule has 0 unspecified atom stereocenters. The summed E-state index contributed by atoms with van der Waals surface area (Å²) in [5, 5.41) is 9.13. The number of ether oxygens (including phenoxy) is 1. The highest BCUT2D eigenvalue weighted by atomic mass is 32.1. The molecule has 3 rings (SSSR count). The second kappa shape index (κ2) is 5.18. The van der Waals surface area contributed by atoms with Gasteiger partial charge in [0.25, 0.3) is 5.91 Å². The van der Waals surface area contributed by atoms with Gasteiger partial charge in [-0.25, -0.2) is 0 Å². The minimum Gasteiger partial charge on any atom is -0.481 e. The van der Waals surface area contributed by atoms with E-state index in [-0.39, 0.29) is 11.8 Å². The van der Waals surface area contributed by atoms with Gasteiger partial charge < -0.3 is 14.7 Å². The van der Waals surface area contributed by atoms with E-state index < -0.39 is 11.9 Å². The van der Waals surface area contributed by atoms with Crippen LogP contribution in [0.3, 0.4) is 0 Å². The van der Waals surface area contributed by atoms with Crippen LogP contribution in [-0.4, -0.2) is 41.6 Å². The molecule has 1 saturated heterocycles. The number of nitrogens with zero attached hydrogens (tertiary/aromatic N) is 1. The van der Waals surface area contributed by atoms with Crippen molar-refractivity contribution in [2.75, 3.05) is 19.7 Å². The lowest BCUT2D eigenvalue weighted by Gasteiger charge is -2.14. The predicted molar refractivity (Wildman–Crippen MR) is 73.9 cm³/mol. The van der Waals surface area contributed by atoms with E-state index in [1.807, 2.05) is 13.0 Å². The molecule has 0 saturated carbocycles. The molecule has 20 heavy (non-hydrogen) atoms. The minimum absolute atomic E-state index is 0.00868. The number of rotatable bonds is 2. The molecule has 6 heteroatoms. The predicted octanol–water partition coefficient (Wildman–Crippen LogP) is 1.61. The fourth-order valence-electron chi connectivity index (χ4n) is 2.86. The number of fused-ring (bicyclic) bond motifs is 1. The van der Waals surface area contributed by atoms with Crippen LogP contribution in [0.2, 0.25) is 0 Å². The van der Waals surface area contributed by atoms with Crippen molar-refractivity contribution in [3.8, 4) is 0 Å². The Morgan fingerprint density at radius 3 is 2.90 bits per heavy atom. The molecular formula is C14H17NO4S. The lowest BCUT2D eigenvalue weighted by molar-refractivity contribution is -0.142. The second-order valence-corrected chi connectivity index (χ2v) is 6.63. The maximum absolute atomic E-state index is 12.5. The van der Waals surface area contributed by atoms with E-state index in [1.165, 1.54) is 16.2 Å². The number of carboxylic acid groups (broad SMARTS) is 1. The second-order valence-electron chi connectivity index (χ2n) is 5.49. The summed E-state index contributed by atoms with van der Waals surface area (Å²) in [5.41, 5.74) is 1.10. The van der Waals surface area contributed by atoms with Crippen molar-refractivity contribution in [2.45, 2.75) is 20.0 Å². The zero-order chi connectivity index (χ0) is 14.3. The third kappa shape index (κ3) is 2.33. The van der Waals surface area contributed by atoms with Gasteiger partial charge in [0.2, 0.25) is 0 Å². The Kier molecular flexibility index (Phi) is 3.52. The third-order valence-electron chi connectivity index (χ3n) is 4.06. The average Bonchev–Trinajstić information content (AvgIpc) is 3.01. The van der Waals surface area contributed by atoms with Crippen LogP contribution in [-0.2, 0) is 22.6 Å². The minimum atomic E-state index is -0.813. The number of carbonyl (C=O) groups excluding carboxylic acids is 1. The van der Waals surface area contributed by atoms with E-state index in [0.717, 1.165) is 12.0 Å². The molecule has 1 aromatic rings. The number of amides is 1. The lowest BCUT2D eigenvalue weighted by Crippen LogP contribution is -2.29. The SMILES string of the molecule is C[C@@H]1CN(C(=O)c2cc3c(s2)CCOC3)C[C@H]1C(=O)O. The van der Waals surface area contributed by atoms with Gasteiger partial charge in [-0.15, -0.1) is 11.3 Å². The van der Waals surface area contributed by atoms with E-state index in [9.17, 15) is 9.59 Å². The van der Waals surface area contributed by atoms with Crippen molar-refractivity contribution in [3.05, 3.63) is 21.4 Å². The van der Waals surface area contributed by atoms with Crippen LogP contribution in [0.25, 0.3) is 0 Å². The summed E-state index contributed by atoms with van der Waals surface area (Å²) in [5.74, 6) is -1.29. The molecule has 2 aliphatic rings. The van der Waals surface area contributed by atoms with Gasteiger partial charge in [0.05, 0.1) is 24.0 Å². The molecule has 1 aromatic heterocycles. The molecule has 0 spiro atoms. The summed E-state index contributed by atoms with van der Waals surface area (Å²) in [7, 11) is 0. The van der Waals surface area contributed by atoms with Crippen LogP contribution in [0, 0.1) is 11.8 Å². The number of thiophene rings is 1. The number of likely N-dealkylation sites (tertiary alicyclic amines) is 1. The summed E-state index contributed by atoms with van der Waals surface area (Å²) >= 11 is 1.52. The molecule has 1 N–H and O–H groups in total. The number of hydrogen-bond donors (Lipinski definition) is 1. The smallest absolute Gasteiger partial charge is 0.308 e. The van der Waals surface area contributed by atoms with Crippen LogP contribution < -0.4 is 0 Å². The third-order valence-corrected chi connectivity index (χ3v) is 5.28. The molecule has 0 bridgehead atoms. The topological polar surface area (TPSA) is 66.8 Å². The van der Waals surface area contributed by atoms with E-state index in [2.05, 4.69) is 0 Å². The Balaban J connectivity index is 1.76. The number of hydrogen-bond acceptors (Lipinski definition) is 4. The first-order valence-electron chi connectivity index (χ1n) is 6.77. The van der Waals surface area contributed by atoms with Crippen molar-refractivity contribution in [3.63, 3.8) is 0 Å². The van der Waals surface area contributed by atoms with E-state index in [0.29, 0.717) is 31.2 Å². The standard InChI is InChI=1S/C14H17NO4S/c1-8-5-15(6-10(8)14(17)18)13(16)12-4-9-7-19-3-2-11(9)20-12/h4,8,10H,2-3,5-7H2,1H3,(H,17,18)/t8-,10-/m1/s1. The zero-order valence-electron chi connectivity index (χ0n) is 11.3. The lowest BCUT2D eigenvalue weighted by atomic mass is 9.99. The largest absolute Gasteiger partial charge is 0.481 e. The molecular weight excluding hydrogens is 278 g/mol. The normalized spacial score (nSPS) is 25.6. The highest BCUT2D eigenvalue weighted by Gasteiger charge is 2.37. The fourth-order valence-corrected chi connectivity index (χ4v) is 3.98. The summed E-state index contributed by atoms with van der Waals surface area (Å²) in [6.45, 7) is 4.01. The number of carbonyl (C=O) groups is 2. The molecule has 2 atom stereocenters. The van der Waals surface area contributed by atoms with Crippen molar-refractivity contribution < 1.29 is 19.4 Å². The molecule has 0 aromatic carbocycles. The van der Waals surface area contributed by atoms with Gasteiger partial charge in [0.15, 0.2) is 0 Å². The Labute approximate surface area is 121 Å².